The van der Waals surface area contributed by atoms with Gasteiger partial charge in [-0.05, 0) is 19.4 Å². The number of ether oxygens (including phenoxy) is 2. The molecule has 0 N–H and O–H groups in total. The maximum absolute atomic E-state index is 5.47. The van der Waals surface area contributed by atoms with Gasteiger partial charge in [-0.15, -0.1) is 6.58 Å². The van der Waals surface area contributed by atoms with E-state index in [-0.39, 0.29) is 0 Å². The zero-order valence-corrected chi connectivity index (χ0v) is 9.03. The van der Waals surface area contributed by atoms with Crippen LogP contribution in [0.2, 0.25) is 0 Å². The van der Waals surface area contributed by atoms with Crippen molar-refractivity contribution in [2.45, 2.75) is 13.3 Å². The molecule has 2 nitrogen and oxygen atoms in total. The molecule has 0 aliphatic heterocycles. The van der Waals surface area contributed by atoms with Crippen molar-refractivity contribution in [2.24, 2.45) is 0 Å². The highest BCUT2D eigenvalue weighted by atomic mass is 16.5. The van der Waals surface area contributed by atoms with E-state index in [1.54, 1.807) is 0 Å². The van der Waals surface area contributed by atoms with Crippen LogP contribution in [0, 0.1) is 0 Å². The molecule has 0 unspecified atom stereocenters. The highest BCUT2D eigenvalue weighted by molar-refractivity contribution is 5.47. The number of allylic oxidation sites excluding steroid dienone is 1. The maximum Gasteiger partial charge on any atom is 0.171 e. The van der Waals surface area contributed by atoms with Crippen LogP contribution in [0.25, 0.3) is 0 Å². The third-order valence-corrected chi connectivity index (χ3v) is 1.93. The highest BCUT2D eigenvalue weighted by Crippen LogP contribution is 2.31. The minimum Gasteiger partial charge on any atom is -0.490 e. The highest BCUT2D eigenvalue weighted by Gasteiger charge is 2.08. The molecule has 0 heterocycles. The molecule has 1 aromatic carbocycles. The summed E-state index contributed by atoms with van der Waals surface area (Å²) >= 11 is 0. The van der Waals surface area contributed by atoms with Crippen molar-refractivity contribution >= 4 is 0 Å². The van der Waals surface area contributed by atoms with Crippen molar-refractivity contribution < 1.29 is 9.47 Å². The van der Waals surface area contributed by atoms with Gasteiger partial charge in [0.15, 0.2) is 11.5 Å². The van der Waals surface area contributed by atoms with E-state index in [1.165, 1.54) is 6.26 Å². The number of hydrogen-bond donors (Lipinski definition) is 0. The van der Waals surface area contributed by atoms with Gasteiger partial charge in [-0.2, -0.15) is 0 Å². The van der Waals surface area contributed by atoms with Crippen molar-refractivity contribution in [1.82, 2.24) is 0 Å². The fourth-order valence-electron chi connectivity index (χ4n) is 1.36. The van der Waals surface area contributed by atoms with Crippen LogP contribution in [-0.2, 0) is 6.42 Å². The summed E-state index contributed by atoms with van der Waals surface area (Å²) < 4.78 is 10.8. The van der Waals surface area contributed by atoms with E-state index in [0.29, 0.717) is 6.61 Å². The van der Waals surface area contributed by atoms with E-state index in [1.807, 2.05) is 31.2 Å². The van der Waals surface area contributed by atoms with E-state index in [0.717, 1.165) is 23.5 Å². The summed E-state index contributed by atoms with van der Waals surface area (Å²) in [7, 11) is 0. The van der Waals surface area contributed by atoms with Crippen LogP contribution < -0.4 is 9.47 Å². The van der Waals surface area contributed by atoms with Gasteiger partial charge in [0, 0.05) is 5.56 Å². The lowest BCUT2D eigenvalue weighted by molar-refractivity contribution is 0.320. The summed E-state index contributed by atoms with van der Waals surface area (Å²) in [5.41, 5.74) is 1.05. The fraction of sp³-hybridized carbons (Fsp3) is 0.231. The molecular formula is C13H16O2. The molecule has 0 amide bonds. The van der Waals surface area contributed by atoms with E-state index in [4.69, 9.17) is 9.47 Å². The SMILES string of the molecule is C=CCc1cccc(OCC)c1OC=C. The fourth-order valence-corrected chi connectivity index (χ4v) is 1.36. The van der Waals surface area contributed by atoms with Crippen molar-refractivity contribution in [3.63, 3.8) is 0 Å². The average Bonchev–Trinajstić information content (AvgIpc) is 2.23. The second kappa shape index (κ2) is 5.91. The van der Waals surface area contributed by atoms with Gasteiger partial charge in [0.1, 0.15) is 0 Å². The van der Waals surface area contributed by atoms with Gasteiger partial charge in [0.25, 0.3) is 0 Å². The number of benzene rings is 1. The summed E-state index contributed by atoms with van der Waals surface area (Å²) in [4.78, 5) is 0. The van der Waals surface area contributed by atoms with Crippen LogP contribution in [0.1, 0.15) is 12.5 Å². The summed E-state index contributed by atoms with van der Waals surface area (Å²) in [5, 5.41) is 0. The van der Waals surface area contributed by atoms with Crippen molar-refractivity contribution in [3.05, 3.63) is 49.3 Å². The zero-order chi connectivity index (χ0) is 11.1. The molecule has 0 aliphatic rings. The maximum atomic E-state index is 5.47. The minimum atomic E-state index is 0.616. The molecular weight excluding hydrogens is 188 g/mol. The van der Waals surface area contributed by atoms with E-state index >= 15 is 0 Å². The van der Waals surface area contributed by atoms with E-state index < -0.39 is 0 Å². The number of hydrogen-bond acceptors (Lipinski definition) is 2. The third-order valence-electron chi connectivity index (χ3n) is 1.93. The van der Waals surface area contributed by atoms with Crippen LogP contribution in [-0.4, -0.2) is 6.61 Å². The number of rotatable bonds is 6. The van der Waals surface area contributed by atoms with Crippen molar-refractivity contribution in [3.8, 4) is 11.5 Å². The average molecular weight is 204 g/mol. The van der Waals surface area contributed by atoms with E-state index in [2.05, 4.69) is 13.2 Å². The molecule has 0 fully saturated rings. The molecule has 0 bridgehead atoms. The Hall–Kier alpha value is -1.70. The molecule has 80 valence electrons. The van der Waals surface area contributed by atoms with Gasteiger partial charge < -0.3 is 9.47 Å². The Balaban J connectivity index is 3.08. The summed E-state index contributed by atoms with van der Waals surface area (Å²) in [6.45, 7) is 9.82. The number of para-hydroxylation sites is 1. The molecule has 0 atom stereocenters. The Morgan fingerprint density at radius 2 is 2.13 bits per heavy atom. The van der Waals surface area contributed by atoms with E-state index in [9.17, 15) is 0 Å². The first kappa shape index (κ1) is 11.4. The quantitative estimate of drug-likeness (QED) is 0.522. The normalized spacial score (nSPS) is 9.40. The molecule has 0 aliphatic carbocycles. The Morgan fingerprint density at radius 1 is 1.33 bits per heavy atom. The van der Waals surface area contributed by atoms with Crippen LogP contribution in [0.4, 0.5) is 0 Å². The topological polar surface area (TPSA) is 18.5 Å². The lowest BCUT2D eigenvalue weighted by atomic mass is 10.1. The van der Waals surface area contributed by atoms with Crippen LogP contribution in [0.5, 0.6) is 11.5 Å². The summed E-state index contributed by atoms with van der Waals surface area (Å²) in [6, 6.07) is 5.82. The van der Waals surface area contributed by atoms with Gasteiger partial charge in [-0.25, -0.2) is 0 Å². The second-order valence-electron chi connectivity index (χ2n) is 2.95. The molecule has 0 saturated carbocycles. The molecule has 0 saturated heterocycles. The summed E-state index contributed by atoms with van der Waals surface area (Å²) in [5.74, 6) is 1.48. The van der Waals surface area contributed by atoms with Gasteiger partial charge in [0.05, 0.1) is 12.9 Å². The molecule has 1 aromatic rings. The van der Waals surface area contributed by atoms with Gasteiger partial charge >= 0.3 is 0 Å². The summed E-state index contributed by atoms with van der Waals surface area (Å²) in [6.07, 6.45) is 4.00. The lowest BCUT2D eigenvalue weighted by Gasteiger charge is -2.12. The van der Waals surface area contributed by atoms with Crippen LogP contribution >= 0.6 is 0 Å². The monoisotopic (exact) mass is 204 g/mol. The molecule has 0 aromatic heterocycles. The first-order chi connectivity index (χ1) is 7.33. The predicted molar refractivity (Wildman–Crippen MR) is 62.3 cm³/mol. The Bertz CT molecular complexity index is 342. The van der Waals surface area contributed by atoms with Crippen LogP contribution in [0.15, 0.2) is 43.7 Å². The molecule has 15 heavy (non-hydrogen) atoms. The standard InChI is InChI=1S/C13H16O2/c1-4-8-11-9-7-10-12(14-5-2)13(11)15-6-3/h4,6-7,9-10H,1,3,5,8H2,2H3. The Morgan fingerprint density at radius 3 is 2.73 bits per heavy atom. The first-order valence-electron chi connectivity index (χ1n) is 4.96. The third kappa shape index (κ3) is 2.88. The van der Waals surface area contributed by atoms with Gasteiger partial charge in [-0.3, -0.25) is 0 Å². The lowest BCUT2D eigenvalue weighted by Crippen LogP contribution is -1.97. The zero-order valence-electron chi connectivity index (χ0n) is 9.03. The minimum absolute atomic E-state index is 0.616. The first-order valence-corrected chi connectivity index (χ1v) is 4.96. The molecule has 1 rings (SSSR count). The molecule has 0 radical (unpaired) electrons. The second-order valence-corrected chi connectivity index (χ2v) is 2.95. The smallest absolute Gasteiger partial charge is 0.171 e. The van der Waals surface area contributed by atoms with Crippen LogP contribution in [0.3, 0.4) is 0 Å². The van der Waals surface area contributed by atoms with Gasteiger partial charge in [-0.1, -0.05) is 24.8 Å². The van der Waals surface area contributed by atoms with Crippen molar-refractivity contribution in [2.75, 3.05) is 6.61 Å². The largest absolute Gasteiger partial charge is 0.490 e. The molecule has 0 spiro atoms. The molecule has 2 heteroatoms. The van der Waals surface area contributed by atoms with Gasteiger partial charge in [0.2, 0.25) is 0 Å². The Kier molecular flexibility index (Phi) is 4.48. The predicted octanol–water partition coefficient (Wildman–Crippen LogP) is 3.34. The van der Waals surface area contributed by atoms with Crippen molar-refractivity contribution in [1.29, 1.82) is 0 Å². The Labute approximate surface area is 90.8 Å².